The van der Waals surface area contributed by atoms with Gasteiger partial charge in [-0.3, -0.25) is 14.9 Å². The van der Waals surface area contributed by atoms with Crippen LogP contribution in [-0.4, -0.2) is 17.4 Å². The van der Waals surface area contributed by atoms with Crippen molar-refractivity contribution < 1.29 is 18.8 Å². The van der Waals surface area contributed by atoms with Gasteiger partial charge >= 0.3 is 5.69 Å². The number of benzene rings is 3. The summed E-state index contributed by atoms with van der Waals surface area (Å²) in [5, 5.41) is 13.3. The first-order valence-electron chi connectivity index (χ1n) is 8.51. The molecule has 1 amide bonds. The molecule has 0 bridgehead atoms. The van der Waals surface area contributed by atoms with Gasteiger partial charge in [-0.1, -0.05) is 48.5 Å². The van der Waals surface area contributed by atoms with Crippen molar-refractivity contribution >= 4 is 17.3 Å². The second-order valence-electron chi connectivity index (χ2n) is 6.03. The van der Waals surface area contributed by atoms with Crippen molar-refractivity contribution in [2.45, 2.75) is 6.42 Å². The number of hydrogen-bond acceptors (Lipinski definition) is 4. The van der Waals surface area contributed by atoms with Gasteiger partial charge in [-0.2, -0.15) is 4.39 Å². The molecule has 0 aliphatic rings. The third-order valence-electron chi connectivity index (χ3n) is 4.00. The molecule has 0 saturated heterocycles. The fourth-order valence-electron chi connectivity index (χ4n) is 2.68. The van der Waals surface area contributed by atoms with Crippen LogP contribution in [0.3, 0.4) is 0 Å². The maximum Gasteiger partial charge on any atom is 0.306 e. The van der Waals surface area contributed by atoms with Crippen LogP contribution in [0.2, 0.25) is 0 Å². The SMILES string of the molecule is O=C(COc1ccccc1Cc1ccccc1)Nc1ccc(F)c([N+](=O)[O-])c1. The Kier molecular flexibility index (Phi) is 5.96. The van der Waals surface area contributed by atoms with E-state index in [1.54, 1.807) is 6.07 Å². The van der Waals surface area contributed by atoms with E-state index in [4.69, 9.17) is 4.74 Å². The predicted molar refractivity (Wildman–Crippen MR) is 103 cm³/mol. The summed E-state index contributed by atoms with van der Waals surface area (Å²) in [6.45, 7) is -0.281. The number of carbonyl (C=O) groups excluding carboxylic acids is 1. The fraction of sp³-hybridized carbons (Fsp3) is 0.0952. The minimum Gasteiger partial charge on any atom is -0.483 e. The Morgan fingerprint density at radius 2 is 1.75 bits per heavy atom. The summed E-state index contributed by atoms with van der Waals surface area (Å²) in [6, 6.07) is 20.4. The standard InChI is InChI=1S/C21H17FN2O4/c22-18-11-10-17(13-19(18)24(26)27)23-21(25)14-28-20-9-5-4-8-16(20)12-15-6-2-1-3-7-15/h1-11,13H,12,14H2,(H,23,25). The second kappa shape index (κ2) is 8.77. The molecular weight excluding hydrogens is 363 g/mol. The van der Waals surface area contributed by atoms with E-state index in [1.807, 2.05) is 48.5 Å². The summed E-state index contributed by atoms with van der Waals surface area (Å²) in [4.78, 5) is 22.1. The van der Waals surface area contributed by atoms with Crippen LogP contribution in [0.5, 0.6) is 5.75 Å². The number of rotatable bonds is 7. The van der Waals surface area contributed by atoms with Crippen LogP contribution >= 0.6 is 0 Å². The molecule has 7 heteroatoms. The van der Waals surface area contributed by atoms with Gasteiger partial charge in [0.05, 0.1) is 4.92 Å². The van der Waals surface area contributed by atoms with Gasteiger partial charge in [-0.15, -0.1) is 0 Å². The van der Waals surface area contributed by atoms with E-state index >= 15 is 0 Å². The zero-order valence-electron chi connectivity index (χ0n) is 14.8. The van der Waals surface area contributed by atoms with Crippen molar-refractivity contribution in [3.05, 3.63) is 99.9 Å². The van der Waals surface area contributed by atoms with Gasteiger partial charge in [0.15, 0.2) is 6.61 Å². The Balaban J connectivity index is 1.64. The lowest BCUT2D eigenvalue weighted by atomic mass is 10.0. The lowest BCUT2D eigenvalue weighted by molar-refractivity contribution is -0.387. The van der Waals surface area contributed by atoms with Crippen LogP contribution < -0.4 is 10.1 Å². The van der Waals surface area contributed by atoms with Gasteiger partial charge in [0.25, 0.3) is 5.91 Å². The first-order chi connectivity index (χ1) is 13.5. The molecule has 0 aromatic heterocycles. The number of amides is 1. The smallest absolute Gasteiger partial charge is 0.306 e. The average Bonchev–Trinajstić information content (AvgIpc) is 2.69. The number of carbonyl (C=O) groups is 1. The Morgan fingerprint density at radius 3 is 2.50 bits per heavy atom. The zero-order valence-corrected chi connectivity index (χ0v) is 14.8. The number of ether oxygens (including phenoxy) is 1. The zero-order chi connectivity index (χ0) is 19.9. The normalized spacial score (nSPS) is 10.3. The Morgan fingerprint density at radius 1 is 1.04 bits per heavy atom. The summed E-state index contributed by atoms with van der Waals surface area (Å²) in [5.41, 5.74) is 1.46. The van der Waals surface area contributed by atoms with Gasteiger partial charge in [0.1, 0.15) is 5.75 Å². The summed E-state index contributed by atoms with van der Waals surface area (Å²) in [6.07, 6.45) is 0.656. The van der Waals surface area contributed by atoms with E-state index in [0.717, 1.165) is 23.3 Å². The third kappa shape index (κ3) is 4.91. The van der Waals surface area contributed by atoms with Crippen LogP contribution in [0.4, 0.5) is 15.8 Å². The van der Waals surface area contributed by atoms with Crippen molar-refractivity contribution in [3.63, 3.8) is 0 Å². The lowest BCUT2D eigenvalue weighted by Crippen LogP contribution is -2.20. The van der Waals surface area contributed by atoms with Crippen molar-refractivity contribution in [3.8, 4) is 5.75 Å². The van der Waals surface area contributed by atoms with Crippen LogP contribution in [0, 0.1) is 15.9 Å². The number of halogens is 1. The average molecular weight is 380 g/mol. The Hall–Kier alpha value is -3.74. The largest absolute Gasteiger partial charge is 0.483 e. The molecule has 0 atom stereocenters. The molecule has 0 unspecified atom stereocenters. The van der Waals surface area contributed by atoms with E-state index in [-0.39, 0.29) is 12.3 Å². The number of nitrogens with one attached hydrogen (secondary N) is 1. The van der Waals surface area contributed by atoms with E-state index in [2.05, 4.69) is 5.32 Å². The number of nitro groups is 1. The minimum atomic E-state index is -0.964. The second-order valence-corrected chi connectivity index (χ2v) is 6.03. The first kappa shape index (κ1) is 19.0. The maximum atomic E-state index is 13.4. The number of hydrogen-bond donors (Lipinski definition) is 1. The molecule has 0 aliphatic carbocycles. The minimum absolute atomic E-state index is 0.124. The highest BCUT2D eigenvalue weighted by Crippen LogP contribution is 2.23. The Labute approximate surface area is 160 Å². The number of nitrogens with zero attached hydrogens (tertiary/aromatic N) is 1. The van der Waals surface area contributed by atoms with Gasteiger partial charge in [-0.05, 0) is 29.3 Å². The highest BCUT2D eigenvalue weighted by molar-refractivity contribution is 5.92. The molecule has 0 radical (unpaired) electrons. The van der Waals surface area contributed by atoms with Gasteiger partial charge in [0.2, 0.25) is 5.82 Å². The number of anilines is 1. The number of nitro benzene ring substituents is 1. The summed E-state index contributed by atoms with van der Waals surface area (Å²) in [7, 11) is 0. The van der Waals surface area contributed by atoms with E-state index in [0.29, 0.717) is 12.2 Å². The molecule has 0 aliphatic heterocycles. The van der Waals surface area contributed by atoms with Gasteiger partial charge in [-0.25, -0.2) is 0 Å². The summed E-state index contributed by atoms with van der Waals surface area (Å²) in [5.74, 6) is -0.893. The molecule has 0 fully saturated rings. The first-order valence-corrected chi connectivity index (χ1v) is 8.51. The van der Waals surface area contributed by atoms with Gasteiger partial charge < -0.3 is 10.1 Å². The van der Waals surface area contributed by atoms with Crippen LogP contribution in [0.1, 0.15) is 11.1 Å². The van der Waals surface area contributed by atoms with Crippen molar-refractivity contribution in [2.75, 3.05) is 11.9 Å². The highest BCUT2D eigenvalue weighted by Gasteiger charge is 2.15. The molecule has 142 valence electrons. The summed E-state index contributed by atoms with van der Waals surface area (Å²) >= 11 is 0. The van der Waals surface area contributed by atoms with E-state index < -0.39 is 22.3 Å². The van der Waals surface area contributed by atoms with E-state index in [1.165, 1.54) is 6.07 Å². The van der Waals surface area contributed by atoms with Gasteiger partial charge in [0, 0.05) is 18.2 Å². The molecule has 1 N–H and O–H groups in total. The summed E-state index contributed by atoms with van der Waals surface area (Å²) < 4.78 is 19.0. The lowest BCUT2D eigenvalue weighted by Gasteiger charge is -2.12. The molecule has 3 aromatic carbocycles. The molecule has 0 saturated carbocycles. The monoisotopic (exact) mass is 380 g/mol. The molecule has 3 aromatic rings. The molecule has 6 nitrogen and oxygen atoms in total. The molecule has 28 heavy (non-hydrogen) atoms. The van der Waals surface area contributed by atoms with E-state index in [9.17, 15) is 19.3 Å². The van der Waals surface area contributed by atoms with Crippen molar-refractivity contribution in [2.24, 2.45) is 0 Å². The molecule has 3 rings (SSSR count). The quantitative estimate of drug-likeness (QED) is 0.488. The topological polar surface area (TPSA) is 81.5 Å². The predicted octanol–water partition coefficient (Wildman–Crippen LogP) is 4.34. The van der Waals surface area contributed by atoms with Crippen molar-refractivity contribution in [1.82, 2.24) is 0 Å². The maximum absolute atomic E-state index is 13.4. The fourth-order valence-corrected chi connectivity index (χ4v) is 2.68. The van der Waals surface area contributed by atoms with Crippen LogP contribution in [-0.2, 0) is 11.2 Å². The molecule has 0 heterocycles. The van der Waals surface area contributed by atoms with Crippen molar-refractivity contribution in [1.29, 1.82) is 0 Å². The molecule has 0 spiro atoms. The highest BCUT2D eigenvalue weighted by atomic mass is 19.1. The number of para-hydroxylation sites is 1. The van der Waals surface area contributed by atoms with Crippen LogP contribution in [0.25, 0.3) is 0 Å². The van der Waals surface area contributed by atoms with Crippen LogP contribution in [0.15, 0.2) is 72.8 Å². The third-order valence-corrected chi connectivity index (χ3v) is 4.00. The Bertz CT molecular complexity index is 993. The molecular formula is C21H17FN2O4.